The quantitative estimate of drug-likeness (QED) is 0.444. The summed E-state index contributed by atoms with van der Waals surface area (Å²) < 4.78 is 1.96. The molecule has 0 bridgehead atoms. The lowest BCUT2D eigenvalue weighted by Crippen LogP contribution is -2.30. The molecule has 3 aromatic rings. The average molecular weight is 411 g/mol. The molecule has 4 rings (SSSR count). The van der Waals surface area contributed by atoms with Crippen molar-refractivity contribution in [3.05, 3.63) is 71.8 Å². The van der Waals surface area contributed by atoms with E-state index in [9.17, 15) is 4.79 Å². The molecule has 2 aromatic carbocycles. The minimum absolute atomic E-state index is 0.0798. The van der Waals surface area contributed by atoms with Gasteiger partial charge in [0, 0.05) is 29.4 Å². The molecule has 0 atom stereocenters. The van der Waals surface area contributed by atoms with Crippen molar-refractivity contribution in [2.75, 3.05) is 17.2 Å². The molecule has 0 radical (unpaired) electrons. The van der Waals surface area contributed by atoms with Crippen LogP contribution in [0.15, 0.2) is 66.3 Å². The van der Waals surface area contributed by atoms with Gasteiger partial charge in [0.05, 0.1) is 5.75 Å². The zero-order valence-electron chi connectivity index (χ0n) is 15.2. The minimum Gasteiger partial charge on any atom is -0.311 e. The third kappa shape index (κ3) is 3.70. The number of allylic oxidation sites excluding steroid dienone is 1. The van der Waals surface area contributed by atoms with Crippen molar-refractivity contribution in [2.45, 2.75) is 18.1 Å². The normalized spacial score (nSPS) is 12.8. The van der Waals surface area contributed by atoms with E-state index in [1.165, 1.54) is 17.3 Å². The molecule has 0 unspecified atom stereocenters. The van der Waals surface area contributed by atoms with Gasteiger partial charge >= 0.3 is 0 Å². The summed E-state index contributed by atoms with van der Waals surface area (Å²) in [7, 11) is 0. The maximum Gasteiger partial charge on any atom is 0.237 e. The van der Waals surface area contributed by atoms with Crippen LogP contribution in [-0.2, 0) is 17.8 Å². The molecule has 1 aromatic heterocycles. The fraction of sp³-hybridized carbons (Fsp3) is 0.190. The van der Waals surface area contributed by atoms with Crippen LogP contribution in [0.4, 0.5) is 5.69 Å². The van der Waals surface area contributed by atoms with Gasteiger partial charge in [-0.1, -0.05) is 47.6 Å². The number of halogens is 1. The summed E-state index contributed by atoms with van der Waals surface area (Å²) in [6, 6.07) is 15.5. The lowest BCUT2D eigenvalue weighted by Gasteiger charge is -2.17. The summed E-state index contributed by atoms with van der Waals surface area (Å²) in [5, 5.41) is 9.99. The second-order valence-corrected chi connectivity index (χ2v) is 7.80. The van der Waals surface area contributed by atoms with Gasteiger partial charge < -0.3 is 4.90 Å². The maximum atomic E-state index is 12.8. The van der Waals surface area contributed by atoms with Crippen molar-refractivity contribution in [2.24, 2.45) is 0 Å². The summed E-state index contributed by atoms with van der Waals surface area (Å²) in [6.45, 7) is 5.12. The number of amides is 1. The van der Waals surface area contributed by atoms with Gasteiger partial charge in [0.25, 0.3) is 0 Å². The number of thioether (sulfide) groups is 1. The SMILES string of the molecule is C=CCn1c(SCC(=O)N2CCc3ccccc32)nnc1-c1ccc(Cl)cc1. The molecule has 1 amide bonds. The van der Waals surface area contributed by atoms with E-state index in [0.717, 1.165) is 30.0 Å². The second kappa shape index (κ2) is 8.20. The van der Waals surface area contributed by atoms with Crippen LogP contribution in [0.1, 0.15) is 5.56 Å². The standard InChI is InChI=1S/C21H19ClN4OS/c1-2-12-26-20(16-7-9-17(22)10-8-16)23-24-21(26)28-14-19(27)25-13-11-15-5-3-4-6-18(15)25/h2-10H,1,11-14H2. The van der Waals surface area contributed by atoms with Crippen LogP contribution in [0.2, 0.25) is 5.02 Å². The van der Waals surface area contributed by atoms with Gasteiger partial charge in [-0.05, 0) is 42.3 Å². The molecule has 0 spiro atoms. The molecule has 0 aliphatic carbocycles. The molecule has 142 valence electrons. The van der Waals surface area contributed by atoms with Crippen molar-refractivity contribution in [3.8, 4) is 11.4 Å². The van der Waals surface area contributed by atoms with E-state index in [4.69, 9.17) is 11.6 Å². The topological polar surface area (TPSA) is 51.0 Å². The van der Waals surface area contributed by atoms with E-state index in [0.29, 0.717) is 22.5 Å². The third-order valence-electron chi connectivity index (χ3n) is 4.64. The Kier molecular flexibility index (Phi) is 5.50. The van der Waals surface area contributed by atoms with E-state index >= 15 is 0 Å². The number of para-hydroxylation sites is 1. The van der Waals surface area contributed by atoms with Crippen LogP contribution in [0.3, 0.4) is 0 Å². The Morgan fingerprint density at radius 3 is 2.75 bits per heavy atom. The highest BCUT2D eigenvalue weighted by Crippen LogP contribution is 2.30. The average Bonchev–Trinajstić information content (AvgIpc) is 3.31. The number of nitrogens with zero attached hydrogens (tertiary/aromatic N) is 4. The van der Waals surface area contributed by atoms with E-state index in [-0.39, 0.29) is 5.91 Å². The summed E-state index contributed by atoms with van der Waals surface area (Å²) in [5.74, 6) is 1.12. The number of aromatic nitrogens is 3. The third-order valence-corrected chi connectivity index (χ3v) is 5.85. The molecule has 7 heteroatoms. The summed E-state index contributed by atoms with van der Waals surface area (Å²) in [5.41, 5.74) is 3.16. The highest BCUT2D eigenvalue weighted by atomic mass is 35.5. The fourth-order valence-corrected chi connectivity index (χ4v) is 4.25. The van der Waals surface area contributed by atoms with Gasteiger partial charge in [-0.15, -0.1) is 16.8 Å². The number of hydrogen-bond acceptors (Lipinski definition) is 4. The minimum atomic E-state index is 0.0798. The molecule has 0 fully saturated rings. The monoisotopic (exact) mass is 410 g/mol. The van der Waals surface area contributed by atoms with Crippen molar-refractivity contribution < 1.29 is 4.79 Å². The lowest BCUT2D eigenvalue weighted by molar-refractivity contribution is -0.116. The Labute approximate surface area is 173 Å². The number of benzene rings is 2. The maximum absolute atomic E-state index is 12.8. The zero-order valence-corrected chi connectivity index (χ0v) is 16.8. The largest absolute Gasteiger partial charge is 0.311 e. The molecule has 0 saturated carbocycles. The molecular weight excluding hydrogens is 392 g/mol. The van der Waals surface area contributed by atoms with E-state index in [2.05, 4.69) is 22.8 Å². The number of carbonyl (C=O) groups is 1. The molecule has 2 heterocycles. The van der Waals surface area contributed by atoms with Gasteiger partial charge in [0.15, 0.2) is 11.0 Å². The van der Waals surface area contributed by atoms with Crippen LogP contribution in [0.25, 0.3) is 11.4 Å². The molecule has 0 saturated heterocycles. The van der Waals surface area contributed by atoms with Gasteiger partial charge in [-0.3, -0.25) is 9.36 Å². The number of hydrogen-bond donors (Lipinski definition) is 0. The number of rotatable bonds is 6. The Hall–Kier alpha value is -2.57. The van der Waals surface area contributed by atoms with Gasteiger partial charge in [-0.25, -0.2) is 0 Å². The van der Waals surface area contributed by atoms with Crippen LogP contribution >= 0.6 is 23.4 Å². The van der Waals surface area contributed by atoms with Crippen molar-refractivity contribution in [1.82, 2.24) is 14.8 Å². The smallest absolute Gasteiger partial charge is 0.237 e. The van der Waals surface area contributed by atoms with E-state index < -0.39 is 0 Å². The van der Waals surface area contributed by atoms with E-state index in [1.54, 1.807) is 6.08 Å². The summed E-state index contributed by atoms with van der Waals surface area (Å²) in [4.78, 5) is 14.6. The predicted octanol–water partition coefficient (Wildman–Crippen LogP) is 4.47. The lowest BCUT2D eigenvalue weighted by atomic mass is 10.2. The number of anilines is 1. The van der Waals surface area contributed by atoms with E-state index in [1.807, 2.05) is 51.9 Å². The van der Waals surface area contributed by atoms with Gasteiger partial charge in [0.1, 0.15) is 0 Å². The van der Waals surface area contributed by atoms with Crippen molar-refractivity contribution >= 4 is 35.0 Å². The van der Waals surface area contributed by atoms with Gasteiger partial charge in [0.2, 0.25) is 5.91 Å². The van der Waals surface area contributed by atoms with Crippen molar-refractivity contribution in [1.29, 1.82) is 0 Å². The molecule has 1 aliphatic heterocycles. The van der Waals surface area contributed by atoms with Crippen LogP contribution < -0.4 is 4.90 Å². The first kappa shape index (κ1) is 18.8. The molecule has 1 aliphatic rings. The molecule has 0 N–H and O–H groups in total. The highest BCUT2D eigenvalue weighted by molar-refractivity contribution is 7.99. The fourth-order valence-electron chi connectivity index (χ4n) is 3.30. The van der Waals surface area contributed by atoms with Crippen molar-refractivity contribution in [3.63, 3.8) is 0 Å². The highest BCUT2D eigenvalue weighted by Gasteiger charge is 2.25. The Morgan fingerprint density at radius 2 is 1.96 bits per heavy atom. The van der Waals surface area contributed by atoms with Crippen LogP contribution in [-0.4, -0.2) is 33.0 Å². The Bertz CT molecular complexity index is 1020. The zero-order chi connectivity index (χ0) is 19.5. The first-order valence-electron chi connectivity index (χ1n) is 8.98. The first-order chi connectivity index (χ1) is 13.7. The second-order valence-electron chi connectivity index (χ2n) is 6.43. The Morgan fingerprint density at radius 1 is 1.18 bits per heavy atom. The van der Waals surface area contributed by atoms with Crippen LogP contribution in [0.5, 0.6) is 0 Å². The molecular formula is C21H19ClN4OS. The molecule has 28 heavy (non-hydrogen) atoms. The summed E-state index contributed by atoms with van der Waals surface area (Å²) >= 11 is 7.38. The van der Waals surface area contributed by atoms with Gasteiger partial charge in [-0.2, -0.15) is 0 Å². The molecule has 5 nitrogen and oxygen atoms in total. The number of carbonyl (C=O) groups excluding carboxylic acids is 1. The first-order valence-corrected chi connectivity index (χ1v) is 10.3. The summed E-state index contributed by atoms with van der Waals surface area (Å²) in [6.07, 6.45) is 2.70. The van der Waals surface area contributed by atoms with Crippen LogP contribution in [0, 0.1) is 0 Å². The number of fused-ring (bicyclic) bond motifs is 1. The predicted molar refractivity (Wildman–Crippen MR) is 114 cm³/mol. The Balaban J connectivity index is 1.51.